The first-order chi connectivity index (χ1) is 7.77. The van der Waals surface area contributed by atoms with Gasteiger partial charge in [-0.1, -0.05) is 20.3 Å². The zero-order valence-corrected chi connectivity index (χ0v) is 10.3. The van der Waals surface area contributed by atoms with Crippen molar-refractivity contribution in [3.8, 4) is 0 Å². The van der Waals surface area contributed by atoms with E-state index in [-0.39, 0.29) is 0 Å². The van der Waals surface area contributed by atoms with Crippen LogP contribution in [0.2, 0.25) is 0 Å². The summed E-state index contributed by atoms with van der Waals surface area (Å²) in [7, 11) is 0. The van der Waals surface area contributed by atoms with Gasteiger partial charge in [-0.2, -0.15) is 0 Å². The summed E-state index contributed by atoms with van der Waals surface area (Å²) in [6.45, 7) is 5.72. The summed E-state index contributed by atoms with van der Waals surface area (Å²) in [5.41, 5.74) is 1.33. The van der Waals surface area contributed by atoms with E-state index in [0.29, 0.717) is 6.04 Å². The lowest BCUT2D eigenvalue weighted by Gasteiger charge is -2.35. The number of rotatable bonds is 3. The van der Waals surface area contributed by atoms with Crippen LogP contribution in [0, 0.1) is 11.8 Å². The Balaban J connectivity index is 1.89. The minimum atomic E-state index is 0.682. The van der Waals surface area contributed by atoms with E-state index < -0.39 is 0 Å². The molecule has 2 heteroatoms. The van der Waals surface area contributed by atoms with Crippen molar-refractivity contribution in [3.05, 3.63) is 30.1 Å². The Morgan fingerprint density at radius 2 is 1.81 bits per heavy atom. The maximum absolute atomic E-state index is 4.04. The molecule has 16 heavy (non-hydrogen) atoms. The third-order valence-corrected chi connectivity index (χ3v) is 3.84. The van der Waals surface area contributed by atoms with E-state index in [0.717, 1.165) is 18.4 Å². The van der Waals surface area contributed by atoms with E-state index in [9.17, 15) is 0 Å². The normalized spacial score (nSPS) is 30.2. The highest BCUT2D eigenvalue weighted by molar-refractivity contribution is 5.09. The molecule has 2 unspecified atom stereocenters. The quantitative estimate of drug-likeness (QED) is 0.843. The molecular formula is C14H22N2. The molecule has 0 radical (unpaired) electrons. The molecule has 1 N–H and O–H groups in total. The SMILES string of the molecule is CC1CCCC(C)C1NCc1ccncc1. The lowest BCUT2D eigenvalue weighted by atomic mass is 9.78. The van der Waals surface area contributed by atoms with E-state index in [2.05, 4.69) is 36.3 Å². The van der Waals surface area contributed by atoms with Gasteiger partial charge in [0.1, 0.15) is 0 Å². The molecule has 1 saturated carbocycles. The summed E-state index contributed by atoms with van der Waals surface area (Å²) < 4.78 is 0. The summed E-state index contributed by atoms with van der Waals surface area (Å²) in [5, 5.41) is 3.71. The molecular weight excluding hydrogens is 196 g/mol. The molecule has 1 fully saturated rings. The molecule has 2 rings (SSSR count). The number of nitrogens with one attached hydrogen (secondary N) is 1. The standard InChI is InChI=1S/C14H22N2/c1-11-4-3-5-12(2)14(11)16-10-13-6-8-15-9-7-13/h6-9,11-12,14,16H,3-5,10H2,1-2H3. The molecule has 2 atom stereocenters. The number of aromatic nitrogens is 1. The number of hydrogen-bond donors (Lipinski definition) is 1. The summed E-state index contributed by atoms with van der Waals surface area (Å²) in [6, 6.07) is 4.86. The predicted molar refractivity (Wildman–Crippen MR) is 67.0 cm³/mol. The maximum atomic E-state index is 4.04. The molecule has 1 aromatic rings. The van der Waals surface area contributed by atoms with Crippen molar-refractivity contribution in [1.82, 2.24) is 10.3 Å². The summed E-state index contributed by atoms with van der Waals surface area (Å²) in [6.07, 6.45) is 7.88. The average Bonchev–Trinajstić information content (AvgIpc) is 2.30. The highest BCUT2D eigenvalue weighted by Gasteiger charge is 2.26. The zero-order valence-electron chi connectivity index (χ0n) is 10.3. The molecule has 0 aliphatic heterocycles. The first kappa shape index (κ1) is 11.6. The van der Waals surface area contributed by atoms with E-state index in [1.807, 2.05) is 12.4 Å². The fourth-order valence-corrected chi connectivity index (χ4v) is 2.82. The second kappa shape index (κ2) is 5.44. The van der Waals surface area contributed by atoms with Gasteiger partial charge in [-0.15, -0.1) is 0 Å². The second-order valence-electron chi connectivity index (χ2n) is 5.15. The third-order valence-electron chi connectivity index (χ3n) is 3.84. The molecule has 1 aliphatic carbocycles. The third kappa shape index (κ3) is 2.82. The molecule has 0 aromatic carbocycles. The molecule has 2 nitrogen and oxygen atoms in total. The van der Waals surface area contributed by atoms with Crippen LogP contribution >= 0.6 is 0 Å². The van der Waals surface area contributed by atoms with Gasteiger partial charge in [-0.25, -0.2) is 0 Å². The van der Waals surface area contributed by atoms with Crippen LogP contribution in [0.3, 0.4) is 0 Å². The van der Waals surface area contributed by atoms with Crippen molar-refractivity contribution in [2.24, 2.45) is 11.8 Å². The van der Waals surface area contributed by atoms with Gasteiger partial charge >= 0.3 is 0 Å². The fraction of sp³-hybridized carbons (Fsp3) is 0.643. The average molecular weight is 218 g/mol. The summed E-state index contributed by atoms with van der Waals surface area (Å²) >= 11 is 0. The van der Waals surface area contributed by atoms with Gasteiger partial charge in [0.2, 0.25) is 0 Å². The molecule has 88 valence electrons. The van der Waals surface area contributed by atoms with E-state index in [4.69, 9.17) is 0 Å². The monoisotopic (exact) mass is 218 g/mol. The van der Waals surface area contributed by atoms with Gasteiger partial charge < -0.3 is 5.32 Å². The van der Waals surface area contributed by atoms with Gasteiger partial charge in [0.05, 0.1) is 0 Å². The van der Waals surface area contributed by atoms with E-state index >= 15 is 0 Å². The lowest BCUT2D eigenvalue weighted by molar-refractivity contribution is 0.207. The minimum Gasteiger partial charge on any atom is -0.309 e. The maximum Gasteiger partial charge on any atom is 0.0271 e. The van der Waals surface area contributed by atoms with Crippen LogP contribution in [0.4, 0.5) is 0 Å². The molecule has 0 bridgehead atoms. The molecule has 1 heterocycles. The second-order valence-corrected chi connectivity index (χ2v) is 5.15. The van der Waals surface area contributed by atoms with Gasteiger partial charge in [-0.3, -0.25) is 4.98 Å². The number of pyridine rings is 1. The Hall–Kier alpha value is -0.890. The molecule has 0 amide bonds. The van der Waals surface area contributed by atoms with Crippen molar-refractivity contribution >= 4 is 0 Å². The number of nitrogens with zero attached hydrogens (tertiary/aromatic N) is 1. The van der Waals surface area contributed by atoms with Crippen LogP contribution in [-0.2, 0) is 6.54 Å². The lowest BCUT2D eigenvalue weighted by Crippen LogP contribution is -2.42. The first-order valence-corrected chi connectivity index (χ1v) is 6.39. The van der Waals surface area contributed by atoms with E-state index in [1.54, 1.807) is 0 Å². The van der Waals surface area contributed by atoms with Gasteiger partial charge in [0, 0.05) is 25.0 Å². The fourth-order valence-electron chi connectivity index (χ4n) is 2.82. The largest absolute Gasteiger partial charge is 0.309 e. The van der Waals surface area contributed by atoms with Crippen LogP contribution in [0.5, 0.6) is 0 Å². The molecule has 0 spiro atoms. The Morgan fingerprint density at radius 1 is 1.19 bits per heavy atom. The topological polar surface area (TPSA) is 24.9 Å². The Bertz CT molecular complexity index is 300. The minimum absolute atomic E-state index is 0.682. The number of hydrogen-bond acceptors (Lipinski definition) is 2. The molecule has 1 aliphatic rings. The van der Waals surface area contributed by atoms with Crippen molar-refractivity contribution in [1.29, 1.82) is 0 Å². The summed E-state index contributed by atoms with van der Waals surface area (Å²) in [4.78, 5) is 4.04. The Kier molecular flexibility index (Phi) is 3.94. The Morgan fingerprint density at radius 3 is 2.44 bits per heavy atom. The van der Waals surface area contributed by atoms with Crippen LogP contribution in [-0.4, -0.2) is 11.0 Å². The van der Waals surface area contributed by atoms with Gasteiger partial charge in [0.25, 0.3) is 0 Å². The van der Waals surface area contributed by atoms with Gasteiger partial charge in [0.15, 0.2) is 0 Å². The van der Waals surface area contributed by atoms with E-state index in [1.165, 1.54) is 24.8 Å². The van der Waals surface area contributed by atoms with Gasteiger partial charge in [-0.05, 0) is 42.4 Å². The first-order valence-electron chi connectivity index (χ1n) is 6.39. The van der Waals surface area contributed by atoms with Crippen molar-refractivity contribution in [3.63, 3.8) is 0 Å². The molecule has 1 aromatic heterocycles. The smallest absolute Gasteiger partial charge is 0.0271 e. The predicted octanol–water partition coefficient (Wildman–Crippen LogP) is 3.00. The van der Waals surface area contributed by atoms with Crippen molar-refractivity contribution in [2.75, 3.05) is 0 Å². The highest BCUT2D eigenvalue weighted by Crippen LogP contribution is 2.28. The Labute approximate surface area is 98.5 Å². The molecule has 0 saturated heterocycles. The van der Waals surface area contributed by atoms with Crippen LogP contribution in [0.1, 0.15) is 38.7 Å². The van der Waals surface area contributed by atoms with Crippen molar-refractivity contribution < 1.29 is 0 Å². The highest BCUT2D eigenvalue weighted by atomic mass is 14.9. The van der Waals surface area contributed by atoms with Crippen LogP contribution in [0.25, 0.3) is 0 Å². The zero-order chi connectivity index (χ0) is 11.4. The van der Waals surface area contributed by atoms with Crippen LogP contribution in [0.15, 0.2) is 24.5 Å². The van der Waals surface area contributed by atoms with Crippen molar-refractivity contribution in [2.45, 2.75) is 45.7 Å². The van der Waals surface area contributed by atoms with Crippen LogP contribution < -0.4 is 5.32 Å². The summed E-state index contributed by atoms with van der Waals surface area (Å²) in [5.74, 6) is 1.62.